The van der Waals surface area contributed by atoms with Gasteiger partial charge >= 0.3 is 0 Å². The van der Waals surface area contributed by atoms with Gasteiger partial charge in [0.05, 0.1) is 101 Å². The second kappa shape index (κ2) is 25.5. The van der Waals surface area contributed by atoms with Crippen LogP contribution >= 0.6 is 22.6 Å². The van der Waals surface area contributed by atoms with Gasteiger partial charge in [0.2, 0.25) is 5.91 Å². The Balaban J connectivity index is 0.784. The first-order chi connectivity index (χ1) is 30.5. The molecular formula is C42H50F3IN6O11. The van der Waals surface area contributed by atoms with E-state index in [1.807, 2.05) is 22.6 Å². The lowest BCUT2D eigenvalue weighted by Gasteiger charge is -2.32. The van der Waals surface area contributed by atoms with Crippen LogP contribution in [0.5, 0.6) is 0 Å². The SMILES string of the molecule is CN1C(=O)CCC(N2C(=O)c3ccc(NCCOCCOCCOCCOCCOCCNCCCONC(=O)c4ccc(F)c(F)c4Nc4ccc(I)cc4F)cc3C2=O)C1=O. The fourth-order valence-electron chi connectivity index (χ4n) is 6.34. The Hall–Kier alpha value is -4.75. The summed E-state index contributed by atoms with van der Waals surface area (Å²) in [6, 6.07) is 9.85. The maximum Gasteiger partial charge on any atom is 0.277 e. The van der Waals surface area contributed by atoms with E-state index < -0.39 is 52.8 Å². The van der Waals surface area contributed by atoms with Crippen molar-refractivity contribution in [2.45, 2.75) is 25.3 Å². The minimum Gasteiger partial charge on any atom is -0.383 e. The fraction of sp³-hybridized carbons (Fsp3) is 0.452. The molecule has 1 atom stereocenters. The number of piperidine rings is 1. The molecule has 1 unspecified atom stereocenters. The molecule has 17 nitrogen and oxygen atoms in total. The van der Waals surface area contributed by atoms with E-state index in [2.05, 4.69) is 21.4 Å². The molecule has 2 aliphatic rings. The molecule has 0 spiro atoms. The van der Waals surface area contributed by atoms with Crippen LogP contribution in [0.2, 0.25) is 0 Å². The monoisotopic (exact) mass is 998 g/mol. The minimum absolute atomic E-state index is 0.0823. The van der Waals surface area contributed by atoms with Crippen LogP contribution < -0.4 is 21.4 Å². The third-order valence-corrected chi connectivity index (χ3v) is 10.3. The molecule has 1 fully saturated rings. The molecule has 5 rings (SSSR count). The van der Waals surface area contributed by atoms with Crippen LogP contribution in [-0.4, -0.2) is 145 Å². The van der Waals surface area contributed by atoms with Crippen LogP contribution in [0.15, 0.2) is 48.5 Å². The molecule has 21 heteroatoms. The average Bonchev–Trinajstić information content (AvgIpc) is 3.51. The number of hydrogen-bond acceptors (Lipinski definition) is 14. The maximum atomic E-state index is 14.6. The summed E-state index contributed by atoms with van der Waals surface area (Å²) in [6.45, 7) is 5.72. The topological polar surface area (TPSA) is 195 Å². The van der Waals surface area contributed by atoms with Crippen LogP contribution in [0.1, 0.15) is 50.3 Å². The highest BCUT2D eigenvalue weighted by atomic mass is 127. The summed E-state index contributed by atoms with van der Waals surface area (Å²) in [4.78, 5) is 70.2. The van der Waals surface area contributed by atoms with E-state index in [0.29, 0.717) is 101 Å². The van der Waals surface area contributed by atoms with Crippen molar-refractivity contribution in [2.24, 2.45) is 0 Å². The maximum absolute atomic E-state index is 14.6. The van der Waals surface area contributed by atoms with Crippen LogP contribution in [0.4, 0.5) is 30.2 Å². The van der Waals surface area contributed by atoms with E-state index in [9.17, 15) is 37.1 Å². The molecule has 1 saturated heterocycles. The van der Waals surface area contributed by atoms with Gasteiger partial charge in [-0.15, -0.1) is 0 Å². The zero-order chi connectivity index (χ0) is 45.1. The smallest absolute Gasteiger partial charge is 0.277 e. The van der Waals surface area contributed by atoms with Gasteiger partial charge in [-0.1, -0.05) is 0 Å². The van der Waals surface area contributed by atoms with Gasteiger partial charge < -0.3 is 39.6 Å². The number of rotatable bonds is 28. The number of imide groups is 2. The van der Waals surface area contributed by atoms with E-state index in [1.54, 1.807) is 24.3 Å². The number of likely N-dealkylation sites (N-methyl/N-ethyl adjacent to an activating group) is 1. The number of anilines is 3. The summed E-state index contributed by atoms with van der Waals surface area (Å²) in [5, 5.41) is 8.80. The summed E-state index contributed by atoms with van der Waals surface area (Å²) in [7, 11) is 1.35. The average molecular weight is 999 g/mol. The highest BCUT2D eigenvalue weighted by Crippen LogP contribution is 2.31. The number of ether oxygens (including phenoxy) is 5. The number of hydrogen-bond donors (Lipinski definition) is 4. The Morgan fingerprint density at radius 2 is 1.37 bits per heavy atom. The van der Waals surface area contributed by atoms with E-state index in [4.69, 9.17) is 28.5 Å². The van der Waals surface area contributed by atoms with Crippen LogP contribution in [0.3, 0.4) is 0 Å². The van der Waals surface area contributed by atoms with Crippen molar-refractivity contribution in [3.63, 3.8) is 0 Å². The molecular weight excluding hydrogens is 948 g/mol. The summed E-state index contributed by atoms with van der Waals surface area (Å²) in [5.41, 5.74) is 2.36. The van der Waals surface area contributed by atoms with Gasteiger partial charge in [-0.2, -0.15) is 0 Å². The predicted octanol–water partition coefficient (Wildman–Crippen LogP) is 4.03. The fourth-order valence-corrected chi connectivity index (χ4v) is 6.79. The van der Waals surface area contributed by atoms with Crippen molar-refractivity contribution in [2.75, 3.05) is 110 Å². The lowest BCUT2D eigenvalue weighted by atomic mass is 10.0. The highest BCUT2D eigenvalue weighted by molar-refractivity contribution is 14.1. The van der Waals surface area contributed by atoms with Gasteiger partial charge in [-0.05, 0) is 90.5 Å². The molecule has 2 heterocycles. The van der Waals surface area contributed by atoms with Gasteiger partial charge in [-0.25, -0.2) is 18.7 Å². The Bertz CT molecular complexity index is 2070. The first-order valence-corrected chi connectivity index (χ1v) is 21.3. The van der Waals surface area contributed by atoms with Gasteiger partial charge in [0.15, 0.2) is 11.6 Å². The third-order valence-electron chi connectivity index (χ3n) is 9.63. The lowest BCUT2D eigenvalue weighted by molar-refractivity contribution is -0.149. The van der Waals surface area contributed by atoms with Crippen molar-refractivity contribution in [3.05, 3.63) is 86.2 Å². The number of nitrogens with one attached hydrogen (secondary N) is 4. The second-order valence-electron chi connectivity index (χ2n) is 14.0. The summed E-state index contributed by atoms with van der Waals surface area (Å²) in [6.07, 6.45) is 0.723. The molecule has 5 amide bonds. The summed E-state index contributed by atoms with van der Waals surface area (Å²) in [5.74, 6) is -6.04. The Morgan fingerprint density at radius 3 is 2.03 bits per heavy atom. The highest BCUT2D eigenvalue weighted by Gasteiger charge is 2.46. The van der Waals surface area contributed by atoms with E-state index in [0.717, 1.165) is 21.9 Å². The summed E-state index contributed by atoms with van der Waals surface area (Å²) < 4.78 is 71.0. The molecule has 0 aromatic heterocycles. The van der Waals surface area contributed by atoms with Crippen molar-refractivity contribution in [1.82, 2.24) is 20.6 Å². The largest absolute Gasteiger partial charge is 0.383 e. The normalized spacial score (nSPS) is 15.0. The number of carbonyl (C=O) groups excluding carboxylic acids is 5. The molecule has 2 aliphatic heterocycles. The minimum atomic E-state index is -1.33. The zero-order valence-electron chi connectivity index (χ0n) is 34.6. The Morgan fingerprint density at radius 1 is 0.730 bits per heavy atom. The molecule has 342 valence electrons. The molecule has 0 saturated carbocycles. The zero-order valence-corrected chi connectivity index (χ0v) is 36.8. The van der Waals surface area contributed by atoms with Crippen molar-refractivity contribution >= 4 is 69.2 Å². The van der Waals surface area contributed by atoms with E-state index in [1.165, 1.54) is 19.2 Å². The van der Waals surface area contributed by atoms with E-state index >= 15 is 0 Å². The van der Waals surface area contributed by atoms with Crippen LogP contribution in [-0.2, 0) is 38.1 Å². The number of fused-ring (bicyclic) bond motifs is 1. The molecule has 63 heavy (non-hydrogen) atoms. The number of likely N-dealkylation sites (tertiary alicyclic amines) is 1. The molecule has 0 radical (unpaired) electrons. The lowest BCUT2D eigenvalue weighted by Crippen LogP contribution is -2.54. The van der Waals surface area contributed by atoms with Gasteiger partial charge in [0, 0.05) is 35.8 Å². The predicted molar refractivity (Wildman–Crippen MR) is 230 cm³/mol. The molecule has 0 bridgehead atoms. The van der Waals surface area contributed by atoms with Crippen LogP contribution in [0.25, 0.3) is 0 Å². The first-order valence-electron chi connectivity index (χ1n) is 20.3. The Kier molecular flexibility index (Phi) is 20.0. The quantitative estimate of drug-likeness (QED) is 0.0353. The number of benzene rings is 3. The van der Waals surface area contributed by atoms with Gasteiger partial charge in [-0.3, -0.25) is 38.6 Å². The van der Waals surface area contributed by atoms with Crippen LogP contribution in [0, 0.1) is 21.0 Å². The number of nitrogens with zero attached hydrogens (tertiary/aromatic N) is 2. The number of carbonyl (C=O) groups is 5. The van der Waals surface area contributed by atoms with Crippen molar-refractivity contribution in [1.29, 1.82) is 0 Å². The Labute approximate surface area is 375 Å². The van der Waals surface area contributed by atoms with Crippen molar-refractivity contribution < 1.29 is 65.7 Å². The second-order valence-corrected chi connectivity index (χ2v) is 15.2. The molecule has 4 N–H and O–H groups in total. The number of halogens is 4. The molecule has 3 aromatic rings. The summed E-state index contributed by atoms with van der Waals surface area (Å²) >= 11 is 1.91. The third kappa shape index (κ3) is 14.4. The first kappa shape index (κ1) is 49.3. The number of amides is 5. The van der Waals surface area contributed by atoms with Gasteiger partial charge in [0.25, 0.3) is 23.6 Å². The molecule has 3 aromatic carbocycles. The molecule has 0 aliphatic carbocycles. The standard InChI is InChI=1S/C42H50F3IN6O11/c1-51-36(53)10-9-35(42(51)57)52-40(55)29-5-4-28(26-31(29)41(52)56)48-13-16-59-18-20-61-22-24-62-23-21-60-19-17-58-15-12-47-11-2-14-63-50-39(54)30-6-7-32(43)37(45)38(30)49-34-8-3-27(46)25-33(34)44/h3-8,25-26,35,47-49H,2,9-24H2,1H3,(H,50,54). The van der Waals surface area contributed by atoms with Crippen molar-refractivity contribution in [3.8, 4) is 0 Å². The number of hydroxylamine groups is 1. The van der Waals surface area contributed by atoms with Gasteiger partial charge in [0.1, 0.15) is 11.9 Å². The van der Waals surface area contributed by atoms with E-state index in [-0.39, 0.29) is 47.7 Å².